The summed E-state index contributed by atoms with van der Waals surface area (Å²) in [5.41, 5.74) is 6.43. The molecule has 2 nitrogen and oxygen atoms in total. The first-order valence-corrected chi connectivity index (χ1v) is 3.34. The summed E-state index contributed by atoms with van der Waals surface area (Å²) in [6.45, 7) is 0.664. The summed E-state index contributed by atoms with van der Waals surface area (Å²) in [5, 5.41) is 3.21. The van der Waals surface area contributed by atoms with Gasteiger partial charge in [-0.1, -0.05) is 6.42 Å². The van der Waals surface area contributed by atoms with Gasteiger partial charge >= 0.3 is 0 Å². The Bertz CT molecular complexity index is 56.4. The van der Waals surface area contributed by atoms with E-state index in [0.29, 0.717) is 6.54 Å². The molecular formula is C5H11ClN2. The zero-order valence-corrected chi connectivity index (χ0v) is 5.62. The number of alkyl halides is 1. The Morgan fingerprint density at radius 2 is 2.00 bits per heavy atom. The minimum absolute atomic E-state index is 0.664. The zero-order valence-electron chi connectivity index (χ0n) is 4.86. The van der Waals surface area contributed by atoms with Crippen molar-refractivity contribution in [3.05, 3.63) is 0 Å². The van der Waals surface area contributed by atoms with Crippen LogP contribution in [0.5, 0.6) is 0 Å². The minimum Gasteiger partial charge on any atom is -0.210 e. The van der Waals surface area contributed by atoms with Crippen molar-refractivity contribution in [2.75, 3.05) is 12.4 Å². The Hall–Kier alpha value is -0.110. The summed E-state index contributed by atoms with van der Waals surface area (Å²) < 4.78 is 0. The number of unbranched alkanes of at least 4 members (excludes halogenated alkanes) is 2. The molecule has 0 atom stereocenters. The van der Waals surface area contributed by atoms with Gasteiger partial charge in [-0.2, -0.15) is 5.11 Å². The largest absolute Gasteiger partial charge is 0.210 e. The van der Waals surface area contributed by atoms with Crippen LogP contribution in [0.2, 0.25) is 0 Å². The Kier molecular flexibility index (Phi) is 6.80. The molecule has 0 spiro atoms. The van der Waals surface area contributed by atoms with E-state index in [2.05, 4.69) is 5.11 Å². The van der Waals surface area contributed by atoms with Crippen molar-refractivity contribution in [3.63, 3.8) is 0 Å². The highest BCUT2D eigenvalue weighted by molar-refractivity contribution is 6.17. The van der Waals surface area contributed by atoms with Crippen LogP contribution >= 0.6 is 11.6 Å². The van der Waals surface area contributed by atoms with Gasteiger partial charge in [-0.3, -0.25) is 0 Å². The van der Waals surface area contributed by atoms with E-state index in [-0.39, 0.29) is 0 Å². The lowest BCUT2D eigenvalue weighted by Crippen LogP contribution is -1.80. The summed E-state index contributed by atoms with van der Waals surface area (Å²) in [6, 6.07) is 0. The average Bonchev–Trinajstić information content (AvgIpc) is 1.81. The van der Waals surface area contributed by atoms with Crippen molar-refractivity contribution < 1.29 is 0 Å². The van der Waals surface area contributed by atoms with Crippen LogP contribution in [-0.4, -0.2) is 12.4 Å². The first-order chi connectivity index (χ1) is 3.91. The fraction of sp³-hybridized carbons (Fsp3) is 1.00. The third-order valence-corrected chi connectivity index (χ3v) is 1.17. The van der Waals surface area contributed by atoms with E-state index in [9.17, 15) is 0 Å². The van der Waals surface area contributed by atoms with Crippen LogP contribution in [0.3, 0.4) is 0 Å². The Labute approximate surface area is 54.7 Å². The van der Waals surface area contributed by atoms with E-state index in [1.54, 1.807) is 0 Å². The number of halogens is 1. The molecule has 0 radical (unpaired) electrons. The topological polar surface area (TPSA) is 36.2 Å². The summed E-state index contributed by atoms with van der Waals surface area (Å²) in [7, 11) is 0. The molecule has 0 fully saturated rings. The summed E-state index contributed by atoms with van der Waals surface area (Å²) in [6.07, 6.45) is 3.17. The van der Waals surface area contributed by atoms with Gasteiger partial charge in [-0.25, -0.2) is 5.53 Å². The van der Waals surface area contributed by atoms with E-state index in [4.69, 9.17) is 17.1 Å². The zero-order chi connectivity index (χ0) is 6.24. The second kappa shape index (κ2) is 6.89. The number of rotatable bonds is 5. The van der Waals surface area contributed by atoms with Crippen LogP contribution in [0.15, 0.2) is 5.11 Å². The van der Waals surface area contributed by atoms with Crippen LogP contribution in [0.4, 0.5) is 0 Å². The van der Waals surface area contributed by atoms with Gasteiger partial charge in [0.15, 0.2) is 0 Å². The standard InChI is InChI=1S/C5H11ClN2/c6-4-2-1-3-5-8-7/h7H,1-5H2. The molecule has 8 heavy (non-hydrogen) atoms. The maximum Gasteiger partial charge on any atom is 0.0596 e. The molecule has 0 amide bonds. The second-order valence-corrected chi connectivity index (χ2v) is 2.01. The van der Waals surface area contributed by atoms with Gasteiger partial charge in [0.1, 0.15) is 0 Å². The van der Waals surface area contributed by atoms with Crippen molar-refractivity contribution >= 4 is 11.6 Å². The third-order valence-electron chi connectivity index (χ3n) is 0.904. The third kappa shape index (κ3) is 5.89. The van der Waals surface area contributed by atoms with E-state index < -0.39 is 0 Å². The maximum absolute atomic E-state index is 6.43. The number of nitrogens with one attached hydrogen (secondary N) is 1. The van der Waals surface area contributed by atoms with Crippen LogP contribution in [0.25, 0.3) is 0 Å². The van der Waals surface area contributed by atoms with Gasteiger partial charge in [0.25, 0.3) is 0 Å². The second-order valence-electron chi connectivity index (χ2n) is 1.63. The highest BCUT2D eigenvalue weighted by Crippen LogP contribution is 1.96. The van der Waals surface area contributed by atoms with E-state index >= 15 is 0 Å². The minimum atomic E-state index is 0.664. The number of hydrogen-bond donors (Lipinski definition) is 1. The molecule has 0 aromatic rings. The smallest absolute Gasteiger partial charge is 0.0596 e. The molecule has 0 aromatic heterocycles. The SMILES string of the molecule is N=NCCCCCCl. The molecule has 0 heterocycles. The monoisotopic (exact) mass is 134 g/mol. The first kappa shape index (κ1) is 7.89. The van der Waals surface area contributed by atoms with E-state index in [0.717, 1.165) is 25.1 Å². The quantitative estimate of drug-likeness (QED) is 0.341. The molecular weight excluding hydrogens is 124 g/mol. The van der Waals surface area contributed by atoms with Crippen LogP contribution in [-0.2, 0) is 0 Å². The Morgan fingerprint density at radius 1 is 1.25 bits per heavy atom. The maximum atomic E-state index is 6.43. The molecule has 0 aromatic carbocycles. The first-order valence-electron chi connectivity index (χ1n) is 2.81. The molecule has 0 rings (SSSR count). The Balaban J connectivity index is 2.62. The van der Waals surface area contributed by atoms with Crippen molar-refractivity contribution in [3.8, 4) is 0 Å². The molecule has 3 heteroatoms. The molecule has 0 aliphatic heterocycles. The normalized spacial score (nSPS) is 9.12. The molecule has 0 saturated carbocycles. The van der Waals surface area contributed by atoms with Gasteiger partial charge in [0.2, 0.25) is 0 Å². The fourth-order valence-corrected chi connectivity index (χ4v) is 0.651. The van der Waals surface area contributed by atoms with Gasteiger partial charge in [0, 0.05) is 5.88 Å². The highest BCUT2D eigenvalue weighted by atomic mass is 35.5. The van der Waals surface area contributed by atoms with Crippen molar-refractivity contribution in [1.82, 2.24) is 0 Å². The fourth-order valence-electron chi connectivity index (χ4n) is 0.462. The van der Waals surface area contributed by atoms with Gasteiger partial charge in [-0.15, -0.1) is 11.6 Å². The molecule has 0 aliphatic rings. The van der Waals surface area contributed by atoms with Crippen molar-refractivity contribution in [2.24, 2.45) is 5.11 Å². The van der Waals surface area contributed by atoms with Gasteiger partial charge in [-0.05, 0) is 12.8 Å². The molecule has 1 N–H and O–H groups in total. The lowest BCUT2D eigenvalue weighted by Gasteiger charge is -1.89. The predicted molar refractivity (Wildman–Crippen MR) is 34.6 cm³/mol. The number of hydrogen-bond acceptors (Lipinski definition) is 2. The molecule has 0 saturated heterocycles. The van der Waals surface area contributed by atoms with Gasteiger partial charge in [0.05, 0.1) is 6.54 Å². The molecule has 0 bridgehead atoms. The summed E-state index contributed by atoms with van der Waals surface area (Å²) in [5.74, 6) is 0.734. The van der Waals surface area contributed by atoms with Crippen LogP contribution in [0.1, 0.15) is 19.3 Å². The number of nitrogens with zero attached hydrogens (tertiary/aromatic N) is 1. The highest BCUT2D eigenvalue weighted by Gasteiger charge is 1.83. The van der Waals surface area contributed by atoms with Crippen LogP contribution < -0.4 is 0 Å². The average molecular weight is 135 g/mol. The van der Waals surface area contributed by atoms with Gasteiger partial charge < -0.3 is 0 Å². The van der Waals surface area contributed by atoms with Crippen LogP contribution in [0, 0.1) is 5.53 Å². The Morgan fingerprint density at radius 3 is 2.50 bits per heavy atom. The van der Waals surface area contributed by atoms with Crippen molar-refractivity contribution in [2.45, 2.75) is 19.3 Å². The molecule has 48 valence electrons. The molecule has 0 aliphatic carbocycles. The van der Waals surface area contributed by atoms with E-state index in [1.165, 1.54) is 0 Å². The summed E-state index contributed by atoms with van der Waals surface area (Å²) >= 11 is 5.40. The molecule has 0 unspecified atom stereocenters. The lowest BCUT2D eigenvalue weighted by atomic mass is 10.2. The van der Waals surface area contributed by atoms with E-state index in [1.807, 2.05) is 0 Å². The lowest BCUT2D eigenvalue weighted by molar-refractivity contribution is 0.706. The summed E-state index contributed by atoms with van der Waals surface area (Å²) in [4.78, 5) is 0. The van der Waals surface area contributed by atoms with Crippen molar-refractivity contribution in [1.29, 1.82) is 5.53 Å². The predicted octanol–water partition coefficient (Wildman–Crippen LogP) is 2.43.